The number of benzene rings is 4. The molecule has 0 bridgehead atoms. The van der Waals surface area contributed by atoms with Gasteiger partial charge in [0, 0.05) is 22.6 Å². The zero-order chi connectivity index (χ0) is 23.5. The number of rotatable bonds is 4. The molecule has 4 aromatic carbocycles. The number of nitrogens with zero attached hydrogens (tertiary/aromatic N) is 5. The van der Waals surface area contributed by atoms with Crippen molar-refractivity contribution in [2.45, 2.75) is 0 Å². The van der Waals surface area contributed by atoms with Crippen LogP contribution in [0.5, 0.6) is 0 Å². The van der Waals surface area contributed by atoms with E-state index in [1.54, 1.807) is 30.3 Å². The standard InChI is InChI=1S/C28H15N5O/c29-16-19-5-9-23(10-6-19)33(25-14-20(17-30)13-21(15-25)18-31)24-11-7-22(8-12-24)28-32-26-3-1-2-4-27(26)34-28/h1-15H. The normalized spacial score (nSPS) is 10.3. The van der Waals surface area contributed by atoms with Crippen molar-refractivity contribution in [1.29, 1.82) is 15.8 Å². The number of oxazole rings is 1. The summed E-state index contributed by atoms with van der Waals surface area (Å²) in [5.41, 5.74) is 5.90. The molecule has 6 heteroatoms. The maximum Gasteiger partial charge on any atom is 0.227 e. The summed E-state index contributed by atoms with van der Waals surface area (Å²) in [6.45, 7) is 0. The number of nitriles is 3. The van der Waals surface area contributed by atoms with Gasteiger partial charge in [0.25, 0.3) is 0 Å². The third-order valence-corrected chi connectivity index (χ3v) is 5.36. The van der Waals surface area contributed by atoms with Gasteiger partial charge >= 0.3 is 0 Å². The van der Waals surface area contributed by atoms with Crippen LogP contribution in [0.25, 0.3) is 22.6 Å². The summed E-state index contributed by atoms with van der Waals surface area (Å²) in [6, 6.07) is 33.8. The van der Waals surface area contributed by atoms with E-state index < -0.39 is 0 Å². The molecule has 5 aromatic rings. The van der Waals surface area contributed by atoms with Gasteiger partial charge in [-0.3, -0.25) is 0 Å². The molecule has 0 radical (unpaired) electrons. The monoisotopic (exact) mass is 437 g/mol. The smallest absolute Gasteiger partial charge is 0.227 e. The predicted molar refractivity (Wildman–Crippen MR) is 128 cm³/mol. The SMILES string of the molecule is N#Cc1ccc(N(c2ccc(-c3nc4ccccc4o3)cc2)c2cc(C#N)cc(C#N)c2)cc1. The first-order valence-electron chi connectivity index (χ1n) is 10.4. The lowest BCUT2D eigenvalue weighted by molar-refractivity contribution is 0.620. The van der Waals surface area contributed by atoms with Gasteiger partial charge in [0.05, 0.1) is 34.9 Å². The van der Waals surface area contributed by atoms with E-state index in [2.05, 4.69) is 23.2 Å². The summed E-state index contributed by atoms with van der Waals surface area (Å²) in [5.74, 6) is 0.524. The van der Waals surface area contributed by atoms with E-state index in [0.717, 1.165) is 28.0 Å². The van der Waals surface area contributed by atoms with Gasteiger partial charge in [0.1, 0.15) is 5.52 Å². The number of aromatic nitrogens is 1. The molecule has 0 aliphatic heterocycles. The van der Waals surface area contributed by atoms with Gasteiger partial charge in [0.15, 0.2) is 5.58 Å². The van der Waals surface area contributed by atoms with Crippen molar-refractivity contribution in [3.8, 4) is 29.7 Å². The zero-order valence-electron chi connectivity index (χ0n) is 17.8. The van der Waals surface area contributed by atoms with Crippen LogP contribution >= 0.6 is 0 Å². The van der Waals surface area contributed by atoms with Crippen LogP contribution in [0.4, 0.5) is 17.1 Å². The van der Waals surface area contributed by atoms with Crippen LogP contribution in [0.3, 0.4) is 0 Å². The second kappa shape index (κ2) is 8.63. The van der Waals surface area contributed by atoms with Gasteiger partial charge in [-0.15, -0.1) is 0 Å². The quantitative estimate of drug-likeness (QED) is 0.315. The topological polar surface area (TPSA) is 101 Å². The van der Waals surface area contributed by atoms with Gasteiger partial charge in [-0.2, -0.15) is 15.8 Å². The Kier molecular flexibility index (Phi) is 5.21. The van der Waals surface area contributed by atoms with Crippen molar-refractivity contribution >= 4 is 28.2 Å². The Hall–Kier alpha value is -5.38. The first-order valence-corrected chi connectivity index (χ1v) is 10.4. The third kappa shape index (κ3) is 3.82. The van der Waals surface area contributed by atoms with Crippen LogP contribution in [0.15, 0.2) is 95.4 Å². The predicted octanol–water partition coefficient (Wildman–Crippen LogP) is 6.58. The van der Waals surface area contributed by atoms with Gasteiger partial charge in [-0.05, 0) is 78.9 Å². The Morgan fingerprint density at radius 1 is 0.618 bits per heavy atom. The van der Waals surface area contributed by atoms with E-state index in [1.807, 2.05) is 65.6 Å². The maximum absolute atomic E-state index is 9.46. The van der Waals surface area contributed by atoms with Crippen LogP contribution in [-0.2, 0) is 0 Å². The van der Waals surface area contributed by atoms with Crippen LogP contribution in [0, 0.1) is 34.0 Å². The zero-order valence-corrected chi connectivity index (χ0v) is 17.8. The number of para-hydroxylation sites is 2. The first-order chi connectivity index (χ1) is 16.7. The second-order valence-electron chi connectivity index (χ2n) is 7.52. The molecule has 0 spiro atoms. The van der Waals surface area contributed by atoms with Crippen LogP contribution in [0.2, 0.25) is 0 Å². The lowest BCUT2D eigenvalue weighted by atomic mass is 10.1. The molecular weight excluding hydrogens is 422 g/mol. The third-order valence-electron chi connectivity index (χ3n) is 5.36. The molecule has 0 saturated carbocycles. The van der Waals surface area contributed by atoms with E-state index in [-0.39, 0.29) is 0 Å². The fraction of sp³-hybridized carbons (Fsp3) is 0. The van der Waals surface area contributed by atoms with Crippen LogP contribution in [0.1, 0.15) is 16.7 Å². The number of fused-ring (bicyclic) bond motifs is 1. The molecule has 0 N–H and O–H groups in total. The minimum absolute atomic E-state index is 0.385. The molecule has 0 atom stereocenters. The molecule has 6 nitrogen and oxygen atoms in total. The molecule has 1 aromatic heterocycles. The molecule has 158 valence electrons. The summed E-state index contributed by atoms with van der Waals surface area (Å²) >= 11 is 0. The van der Waals surface area contributed by atoms with Gasteiger partial charge in [-0.1, -0.05) is 12.1 Å². The Morgan fingerprint density at radius 2 is 1.21 bits per heavy atom. The van der Waals surface area contributed by atoms with Gasteiger partial charge in [0.2, 0.25) is 5.89 Å². The van der Waals surface area contributed by atoms with Gasteiger partial charge in [-0.25, -0.2) is 4.98 Å². The van der Waals surface area contributed by atoms with Crippen molar-refractivity contribution in [1.82, 2.24) is 4.98 Å². The number of anilines is 3. The highest BCUT2D eigenvalue weighted by Gasteiger charge is 2.16. The molecule has 0 fully saturated rings. The highest BCUT2D eigenvalue weighted by molar-refractivity contribution is 5.80. The largest absolute Gasteiger partial charge is 0.436 e. The second-order valence-corrected chi connectivity index (χ2v) is 7.52. The highest BCUT2D eigenvalue weighted by Crippen LogP contribution is 2.37. The number of hydrogen-bond donors (Lipinski definition) is 0. The lowest BCUT2D eigenvalue weighted by Gasteiger charge is -2.26. The molecule has 5 rings (SSSR count). The average Bonchev–Trinajstić information content (AvgIpc) is 3.34. The molecule has 0 aliphatic carbocycles. The van der Waals surface area contributed by atoms with E-state index in [0.29, 0.717) is 28.3 Å². The van der Waals surface area contributed by atoms with Crippen molar-refractivity contribution in [3.05, 3.63) is 108 Å². The van der Waals surface area contributed by atoms with Gasteiger partial charge < -0.3 is 9.32 Å². The fourth-order valence-electron chi connectivity index (χ4n) is 3.75. The van der Waals surface area contributed by atoms with Crippen molar-refractivity contribution in [3.63, 3.8) is 0 Å². The van der Waals surface area contributed by atoms with E-state index in [4.69, 9.17) is 4.42 Å². The molecule has 0 amide bonds. The summed E-state index contributed by atoms with van der Waals surface area (Å²) in [5, 5.41) is 28.1. The van der Waals surface area contributed by atoms with Crippen molar-refractivity contribution < 1.29 is 4.42 Å². The van der Waals surface area contributed by atoms with E-state index >= 15 is 0 Å². The van der Waals surface area contributed by atoms with E-state index in [1.165, 1.54) is 0 Å². The van der Waals surface area contributed by atoms with Crippen molar-refractivity contribution in [2.75, 3.05) is 4.90 Å². The van der Waals surface area contributed by atoms with E-state index in [9.17, 15) is 15.8 Å². The molecule has 0 saturated heterocycles. The Morgan fingerprint density at radius 3 is 1.79 bits per heavy atom. The highest BCUT2D eigenvalue weighted by atomic mass is 16.3. The molecule has 34 heavy (non-hydrogen) atoms. The van der Waals surface area contributed by atoms with Crippen LogP contribution in [-0.4, -0.2) is 4.98 Å². The molecule has 0 unspecified atom stereocenters. The molecule has 0 aliphatic rings. The number of hydrogen-bond acceptors (Lipinski definition) is 6. The van der Waals surface area contributed by atoms with Crippen LogP contribution < -0.4 is 4.90 Å². The summed E-state index contributed by atoms with van der Waals surface area (Å²) in [4.78, 5) is 6.48. The fourth-order valence-corrected chi connectivity index (χ4v) is 3.75. The summed E-state index contributed by atoms with van der Waals surface area (Å²) < 4.78 is 5.88. The maximum atomic E-state index is 9.46. The summed E-state index contributed by atoms with van der Waals surface area (Å²) in [6.07, 6.45) is 0. The first kappa shape index (κ1) is 20.5. The summed E-state index contributed by atoms with van der Waals surface area (Å²) in [7, 11) is 0. The molecular formula is C28H15N5O. The Balaban J connectivity index is 1.61. The Labute approximate surface area is 195 Å². The lowest BCUT2D eigenvalue weighted by Crippen LogP contribution is -2.10. The minimum Gasteiger partial charge on any atom is -0.436 e. The Bertz CT molecular complexity index is 1560. The molecule has 1 heterocycles. The minimum atomic E-state index is 0.385. The van der Waals surface area contributed by atoms with Crippen molar-refractivity contribution in [2.24, 2.45) is 0 Å². The average molecular weight is 437 g/mol.